The van der Waals surface area contributed by atoms with Gasteiger partial charge in [0, 0.05) is 18.1 Å². The maximum atomic E-state index is 13.4. The molecule has 148 valence electrons. The zero-order valence-electron chi connectivity index (χ0n) is 16.6. The molecule has 1 aromatic carbocycles. The predicted octanol–water partition coefficient (Wildman–Crippen LogP) is 4.39. The van der Waals surface area contributed by atoms with Crippen molar-refractivity contribution in [2.75, 3.05) is 30.4 Å². The van der Waals surface area contributed by atoms with Gasteiger partial charge in [0.25, 0.3) is 11.8 Å². The van der Waals surface area contributed by atoms with Gasteiger partial charge in [-0.05, 0) is 41.7 Å². The third-order valence-electron chi connectivity index (χ3n) is 4.98. The molecule has 1 aliphatic heterocycles. The van der Waals surface area contributed by atoms with Crippen molar-refractivity contribution in [3.8, 4) is 11.6 Å². The topological polar surface area (TPSA) is 67.1 Å². The molecule has 0 unspecified atom stereocenters. The maximum Gasteiger partial charge on any atom is 0.315 e. The van der Waals surface area contributed by atoms with Crippen LogP contribution < -0.4 is 10.2 Å². The van der Waals surface area contributed by atoms with E-state index in [9.17, 15) is 8.78 Å². The van der Waals surface area contributed by atoms with Gasteiger partial charge in [0.05, 0.1) is 18.6 Å². The van der Waals surface area contributed by atoms with E-state index in [2.05, 4.69) is 36.3 Å². The molecule has 0 radical (unpaired) electrons. The average molecular weight is 387 g/mol. The van der Waals surface area contributed by atoms with Crippen molar-refractivity contribution < 1.29 is 13.2 Å². The molecule has 28 heavy (non-hydrogen) atoms. The highest BCUT2D eigenvalue weighted by molar-refractivity contribution is 5.91. The summed E-state index contributed by atoms with van der Waals surface area (Å²) < 4.78 is 32.4. The van der Waals surface area contributed by atoms with E-state index >= 15 is 0 Å². The van der Waals surface area contributed by atoms with Crippen molar-refractivity contribution in [2.24, 2.45) is 0 Å². The summed E-state index contributed by atoms with van der Waals surface area (Å²) in [6.07, 6.45) is 0. The number of nitrogens with zero attached hydrogens (tertiary/aromatic N) is 4. The summed E-state index contributed by atoms with van der Waals surface area (Å²) in [6.45, 7) is 7.75. The number of pyridine rings is 1. The van der Waals surface area contributed by atoms with E-state index in [1.165, 1.54) is 0 Å². The van der Waals surface area contributed by atoms with Gasteiger partial charge in [-0.25, -0.2) is 13.8 Å². The van der Waals surface area contributed by atoms with Crippen LogP contribution in [0.3, 0.4) is 0 Å². The molecule has 3 aromatic rings. The van der Waals surface area contributed by atoms with Crippen molar-refractivity contribution >= 4 is 22.6 Å². The van der Waals surface area contributed by atoms with E-state index in [1.807, 2.05) is 25.1 Å². The Labute approximate surface area is 162 Å². The molecule has 1 N–H and O–H groups in total. The summed E-state index contributed by atoms with van der Waals surface area (Å²) in [7, 11) is 1.70. The van der Waals surface area contributed by atoms with Crippen LogP contribution in [0.25, 0.3) is 22.5 Å². The van der Waals surface area contributed by atoms with Crippen LogP contribution in [0, 0.1) is 6.92 Å². The van der Waals surface area contributed by atoms with Crippen LogP contribution >= 0.6 is 0 Å². The van der Waals surface area contributed by atoms with Gasteiger partial charge < -0.3 is 14.6 Å². The highest BCUT2D eigenvalue weighted by Gasteiger charge is 2.44. The molecule has 0 aliphatic carbocycles. The zero-order chi connectivity index (χ0) is 20.3. The Morgan fingerprint density at radius 3 is 2.43 bits per heavy atom. The number of aromatic nitrogens is 3. The molecule has 8 heteroatoms. The Hall–Kier alpha value is -2.77. The largest absolute Gasteiger partial charge is 0.402 e. The maximum absolute atomic E-state index is 13.4. The summed E-state index contributed by atoms with van der Waals surface area (Å²) in [5.41, 5.74) is 3.97. The van der Waals surface area contributed by atoms with Crippen molar-refractivity contribution in [3.63, 3.8) is 0 Å². The van der Waals surface area contributed by atoms with Crippen molar-refractivity contribution in [3.05, 3.63) is 29.3 Å². The van der Waals surface area contributed by atoms with Crippen LogP contribution in [0.2, 0.25) is 0 Å². The fraction of sp³-hybridized carbons (Fsp3) is 0.450. The van der Waals surface area contributed by atoms with Gasteiger partial charge in [0.1, 0.15) is 5.69 Å². The van der Waals surface area contributed by atoms with Crippen LogP contribution in [-0.4, -0.2) is 41.2 Å². The van der Waals surface area contributed by atoms with Gasteiger partial charge in [-0.1, -0.05) is 25.9 Å². The van der Waals surface area contributed by atoms with Crippen molar-refractivity contribution in [2.45, 2.75) is 39.0 Å². The minimum Gasteiger partial charge on any atom is -0.402 e. The van der Waals surface area contributed by atoms with Gasteiger partial charge in [0.15, 0.2) is 0 Å². The number of fused-ring (bicyclic) bond motifs is 1. The Bertz CT molecular complexity index is 1050. The number of hydrogen-bond donors (Lipinski definition) is 1. The van der Waals surface area contributed by atoms with Crippen LogP contribution in [0.5, 0.6) is 0 Å². The molecule has 0 spiro atoms. The smallest absolute Gasteiger partial charge is 0.315 e. The number of hydrogen-bond acceptors (Lipinski definition) is 6. The lowest BCUT2D eigenvalue weighted by atomic mass is 9.84. The molecule has 4 rings (SSSR count). The summed E-state index contributed by atoms with van der Waals surface area (Å²) in [6, 6.07) is 6.12. The predicted molar refractivity (Wildman–Crippen MR) is 105 cm³/mol. The first-order valence-corrected chi connectivity index (χ1v) is 9.18. The quantitative estimate of drug-likeness (QED) is 0.719. The van der Waals surface area contributed by atoms with Gasteiger partial charge in [-0.2, -0.15) is 0 Å². The number of alkyl halides is 2. The molecule has 3 heterocycles. The molecule has 0 bridgehead atoms. The molecule has 0 atom stereocenters. The fourth-order valence-electron chi connectivity index (χ4n) is 3.46. The highest BCUT2D eigenvalue weighted by Crippen LogP contribution is 2.39. The van der Waals surface area contributed by atoms with E-state index in [4.69, 9.17) is 9.40 Å². The molecule has 6 nitrogen and oxygen atoms in total. The summed E-state index contributed by atoms with van der Waals surface area (Å²) >= 11 is 0. The minimum atomic E-state index is -2.61. The Morgan fingerprint density at radius 1 is 1.14 bits per heavy atom. The van der Waals surface area contributed by atoms with Gasteiger partial charge in [-0.15, -0.1) is 5.10 Å². The summed E-state index contributed by atoms with van der Waals surface area (Å²) in [5.74, 6) is -2.28. The van der Waals surface area contributed by atoms with Crippen LogP contribution in [0.15, 0.2) is 22.6 Å². The Balaban J connectivity index is 1.89. The monoisotopic (exact) mass is 387 g/mol. The standard InChI is InChI=1S/C20H23F2N5O/c1-11-6-15(17-25-26-18(23-5)28-17)24-16-13(11)7-12(8-14(16)19(2,3)4)27-9-20(21,22)10-27/h6-8H,9-10H2,1-5H3,(H,23,26). The SMILES string of the molecule is CNc1nnc(-c2cc(C)c3cc(N4CC(F)(F)C4)cc(C(C)(C)C)c3n2)o1. The summed E-state index contributed by atoms with van der Waals surface area (Å²) in [5, 5.41) is 11.7. The van der Waals surface area contributed by atoms with E-state index in [0.29, 0.717) is 17.6 Å². The second kappa shape index (κ2) is 6.12. The van der Waals surface area contributed by atoms with Gasteiger partial charge >= 0.3 is 6.01 Å². The number of benzene rings is 1. The Morgan fingerprint density at radius 2 is 1.86 bits per heavy atom. The molecular weight excluding hydrogens is 364 g/mol. The van der Waals surface area contributed by atoms with E-state index < -0.39 is 5.92 Å². The molecule has 1 saturated heterocycles. The van der Waals surface area contributed by atoms with Gasteiger partial charge in [0.2, 0.25) is 0 Å². The lowest BCUT2D eigenvalue weighted by molar-refractivity contribution is -0.0262. The third-order valence-corrected chi connectivity index (χ3v) is 4.98. The number of anilines is 2. The number of nitrogens with one attached hydrogen (secondary N) is 1. The normalized spacial score (nSPS) is 16.3. The molecule has 1 fully saturated rings. The van der Waals surface area contributed by atoms with E-state index in [1.54, 1.807) is 11.9 Å². The fourth-order valence-corrected chi connectivity index (χ4v) is 3.46. The first-order chi connectivity index (χ1) is 13.1. The number of aryl methyl sites for hydroxylation is 1. The lowest BCUT2D eigenvalue weighted by Gasteiger charge is -2.41. The summed E-state index contributed by atoms with van der Waals surface area (Å²) in [4.78, 5) is 6.51. The number of halogens is 2. The highest BCUT2D eigenvalue weighted by atomic mass is 19.3. The number of rotatable bonds is 3. The zero-order valence-corrected chi connectivity index (χ0v) is 16.6. The average Bonchev–Trinajstić information content (AvgIpc) is 3.07. The molecule has 1 aliphatic rings. The minimum absolute atomic E-state index is 0.218. The van der Waals surface area contributed by atoms with Crippen LogP contribution in [0.4, 0.5) is 20.5 Å². The first-order valence-electron chi connectivity index (χ1n) is 9.18. The van der Waals surface area contributed by atoms with Gasteiger partial charge in [-0.3, -0.25) is 0 Å². The molecule has 0 amide bonds. The molecule has 2 aromatic heterocycles. The van der Waals surface area contributed by atoms with E-state index in [-0.39, 0.29) is 18.5 Å². The van der Waals surface area contributed by atoms with Crippen molar-refractivity contribution in [1.29, 1.82) is 0 Å². The Kier molecular flexibility index (Phi) is 4.06. The second-order valence-corrected chi connectivity index (χ2v) is 8.34. The second-order valence-electron chi connectivity index (χ2n) is 8.34. The lowest BCUT2D eigenvalue weighted by Crippen LogP contribution is -2.56. The molecule has 0 saturated carbocycles. The molecular formula is C20H23F2N5O. The third kappa shape index (κ3) is 3.16. The van der Waals surface area contributed by atoms with Crippen LogP contribution in [0.1, 0.15) is 31.9 Å². The first kappa shape index (κ1) is 18.6. The van der Waals surface area contributed by atoms with Crippen LogP contribution in [-0.2, 0) is 5.41 Å². The van der Waals surface area contributed by atoms with E-state index in [0.717, 1.165) is 27.7 Å². The van der Waals surface area contributed by atoms with Crippen molar-refractivity contribution in [1.82, 2.24) is 15.2 Å².